The molecule has 0 aliphatic carbocycles. The lowest BCUT2D eigenvalue weighted by molar-refractivity contribution is -0.385. The fourth-order valence-electron chi connectivity index (χ4n) is 7.68. The summed E-state index contributed by atoms with van der Waals surface area (Å²) in [6.07, 6.45) is 0. The molecule has 0 aliphatic rings. The quantitative estimate of drug-likeness (QED) is 0.0134. The van der Waals surface area contributed by atoms with Gasteiger partial charge in [-0.1, -0.05) is 17.7 Å². The van der Waals surface area contributed by atoms with E-state index < -0.39 is 207 Å². The average Bonchev–Trinajstić information content (AvgIpc) is 0.978. The molecule has 448 valence electrons. The van der Waals surface area contributed by atoms with Crippen molar-refractivity contribution in [2.75, 3.05) is 5.73 Å². The smallest absolute Gasteiger partial charge is 0.358 e. The topological polar surface area (TPSA) is 610 Å². The third kappa shape index (κ3) is 12.5. The normalized spacial score (nSPS) is 13.1. The second-order valence-electron chi connectivity index (χ2n) is 16.8. The lowest BCUT2D eigenvalue weighted by atomic mass is 10.1. The van der Waals surface area contributed by atoms with Crippen LogP contribution in [0.4, 0.5) is 56.9 Å². The predicted molar refractivity (Wildman–Crippen MR) is 288 cm³/mol. The van der Waals surface area contributed by atoms with Gasteiger partial charge in [0, 0.05) is 28.3 Å². The number of nitrogens with zero attached hydrogens (tertiary/aromatic N) is 11. The van der Waals surface area contributed by atoms with Gasteiger partial charge in [0.05, 0.1) is 37.3 Å². The zero-order chi connectivity index (χ0) is 63.7. The second-order valence-corrected chi connectivity index (χ2v) is 25.6. The van der Waals surface area contributed by atoms with Crippen LogP contribution < -0.4 is 5.73 Å². The van der Waals surface area contributed by atoms with Crippen LogP contribution in [0.15, 0.2) is 161 Å². The number of anilines is 1. The molecular formula is C42H27ClN12O25S6. The van der Waals surface area contributed by atoms with Crippen LogP contribution in [-0.2, 0) is 60.7 Å². The predicted octanol–water partition coefficient (Wildman–Crippen LogP) is 8.28. The number of nitro groups is 1. The summed E-state index contributed by atoms with van der Waals surface area (Å²) in [6.45, 7) is 0. The molecule has 12 N–H and O–H groups in total. The summed E-state index contributed by atoms with van der Waals surface area (Å²) in [5, 5.41) is 83.3. The number of hydrogen-bond acceptors (Lipinski definition) is 28. The molecule has 8 rings (SSSR count). The van der Waals surface area contributed by atoms with Gasteiger partial charge >= 0.3 is 5.97 Å². The molecule has 0 saturated heterocycles. The van der Waals surface area contributed by atoms with Gasteiger partial charge in [0.25, 0.3) is 66.4 Å². The van der Waals surface area contributed by atoms with Crippen molar-refractivity contribution in [2.45, 2.75) is 29.4 Å². The van der Waals surface area contributed by atoms with E-state index in [1.165, 1.54) is 0 Å². The lowest BCUT2D eigenvalue weighted by Gasteiger charge is -2.13. The molecule has 0 unspecified atom stereocenters. The Labute approximate surface area is 482 Å². The Balaban J connectivity index is 1.21. The van der Waals surface area contributed by atoms with E-state index in [2.05, 4.69) is 46.0 Å². The number of phenols is 2. The minimum absolute atomic E-state index is 0.212. The Morgan fingerprint density at radius 2 is 1.05 bits per heavy atom. The number of aromatic carboxylic acids is 1. The van der Waals surface area contributed by atoms with Crippen molar-refractivity contribution in [1.29, 1.82) is 0 Å². The molecule has 0 bridgehead atoms. The number of carbonyl (C=O) groups is 1. The van der Waals surface area contributed by atoms with Crippen LogP contribution in [0.3, 0.4) is 0 Å². The molecule has 86 heavy (non-hydrogen) atoms. The number of nitrogen functional groups attached to an aromatic ring is 1. The van der Waals surface area contributed by atoms with E-state index in [0.717, 1.165) is 54.6 Å². The van der Waals surface area contributed by atoms with Crippen molar-refractivity contribution in [3.63, 3.8) is 0 Å². The summed E-state index contributed by atoms with van der Waals surface area (Å²) in [7, 11) is -32.2. The van der Waals surface area contributed by atoms with Crippen molar-refractivity contribution in [3.05, 3.63) is 112 Å². The molecule has 0 saturated carbocycles. The Bertz CT molecular complexity index is 5180. The van der Waals surface area contributed by atoms with E-state index in [1.54, 1.807) is 0 Å². The number of aromatic nitrogens is 2. The molecule has 1 heterocycles. The minimum atomic E-state index is -5.72. The number of phenolic OH excluding ortho intramolecular Hbond substituents is 2. The zero-order valence-electron chi connectivity index (χ0n) is 41.1. The number of hydrogen-bond donors (Lipinski definition) is 11. The fraction of sp³-hybridized carbons (Fsp3) is 0. The molecule has 0 atom stereocenters. The van der Waals surface area contributed by atoms with Crippen LogP contribution in [0.5, 0.6) is 17.4 Å². The first-order valence-electron chi connectivity index (χ1n) is 21.9. The number of carboxylic acids is 1. The number of azo groups is 4. The van der Waals surface area contributed by atoms with Gasteiger partial charge in [0.15, 0.2) is 17.2 Å². The molecule has 1 aromatic heterocycles. The van der Waals surface area contributed by atoms with Crippen molar-refractivity contribution >= 4 is 157 Å². The Morgan fingerprint density at radius 1 is 0.523 bits per heavy atom. The summed E-state index contributed by atoms with van der Waals surface area (Å²) in [5.74, 6) is -5.41. The number of halogens is 1. The highest BCUT2D eigenvalue weighted by Crippen LogP contribution is 2.49. The average molecular weight is 1330 g/mol. The van der Waals surface area contributed by atoms with Crippen LogP contribution in [0.1, 0.15) is 10.5 Å². The van der Waals surface area contributed by atoms with Gasteiger partial charge in [-0.2, -0.15) is 65.4 Å². The fourth-order valence-corrected chi connectivity index (χ4v) is 12.0. The van der Waals surface area contributed by atoms with Crippen molar-refractivity contribution < 1.29 is 108 Å². The molecule has 44 heteroatoms. The first-order chi connectivity index (χ1) is 39.7. The van der Waals surface area contributed by atoms with Gasteiger partial charge in [-0.15, -0.1) is 35.8 Å². The molecule has 0 fully saturated rings. The molecule has 7 aromatic carbocycles. The van der Waals surface area contributed by atoms with Crippen molar-refractivity contribution in [1.82, 2.24) is 9.78 Å². The van der Waals surface area contributed by atoms with E-state index >= 15 is 0 Å². The summed E-state index contributed by atoms with van der Waals surface area (Å²) in [5.41, 5.74) is -3.74. The molecule has 0 radical (unpaired) electrons. The van der Waals surface area contributed by atoms with Crippen LogP contribution in [-0.4, -0.2) is 119 Å². The number of fused-ring (bicyclic) bond motifs is 2. The first-order valence-corrected chi connectivity index (χ1v) is 30.9. The molecular weight excluding hydrogens is 1300 g/mol. The van der Waals surface area contributed by atoms with Crippen LogP contribution in [0.25, 0.3) is 27.2 Å². The summed E-state index contributed by atoms with van der Waals surface area (Å²) in [4.78, 5) is 15.3. The molecule has 0 spiro atoms. The number of aromatic hydroxyl groups is 3. The van der Waals surface area contributed by atoms with E-state index in [-0.39, 0.29) is 5.69 Å². The van der Waals surface area contributed by atoms with Gasteiger partial charge in [0.2, 0.25) is 11.6 Å². The van der Waals surface area contributed by atoms with Gasteiger partial charge < -0.3 is 26.2 Å². The van der Waals surface area contributed by atoms with E-state index in [0.29, 0.717) is 41.1 Å². The minimum Gasteiger partial charge on any atom is -0.505 e. The third-order valence-corrected chi connectivity index (χ3v) is 17.0. The Kier molecular flexibility index (Phi) is 16.1. The van der Waals surface area contributed by atoms with Gasteiger partial charge in [-0.05, 0) is 72.8 Å². The van der Waals surface area contributed by atoms with Gasteiger partial charge in [-0.25, -0.2) is 4.79 Å². The maximum Gasteiger partial charge on any atom is 0.358 e. The van der Waals surface area contributed by atoms with Crippen LogP contribution >= 0.6 is 11.6 Å². The number of benzene rings is 7. The Hall–Kier alpha value is -9.51. The molecule has 8 aromatic rings. The number of carboxylic acid groups (broad SMARTS) is 1. The largest absolute Gasteiger partial charge is 0.505 e. The van der Waals surface area contributed by atoms with Gasteiger partial charge in [-0.3, -0.25) is 37.4 Å². The van der Waals surface area contributed by atoms with Crippen LogP contribution in [0.2, 0.25) is 5.02 Å². The van der Waals surface area contributed by atoms with E-state index in [4.69, 9.17) is 17.3 Å². The third-order valence-electron chi connectivity index (χ3n) is 11.4. The SMILES string of the molecule is Nc1c(N=Nc2ccc3c(O)c(N=Nc4cc(Cl)c(N=Nc5c(C(=O)O)nn(-c6ccc(S(=O)(=O)O)cc6)c5O)c(S(=O)(=O)O)c4)c(S(=O)(=O)O)cc3c2S(=O)(=O)O)cc(S(=O)(=O)O)c2ccc(N=Nc3ccc([N+](=O)[O-])cc3S(=O)(=O)O)c(O)c12. The highest BCUT2D eigenvalue weighted by Gasteiger charge is 2.31. The highest BCUT2D eigenvalue weighted by atomic mass is 35.5. The number of nitrogens with two attached hydrogens (primary N) is 1. The first kappa shape index (κ1) is 62.5. The lowest BCUT2D eigenvalue weighted by Crippen LogP contribution is -2.03. The second kappa shape index (κ2) is 22.2. The standard InChI is InChI=1S/C42H27ClN12O25S6/c43-23-11-16(12-30(84(72,73)74)34(23)50-52-36-37(42(59)60)53-54(41(36)58)17-1-4-19(5-2-17)81(63,64)65)45-51-35-31(85(75,76)77)14-22-20(38(35)56)6-10-26(40(22)86(78,79)80)48-49-27-15-28(82(66,67)68)21-7-9-25(39(57)32(21)33(27)44)47-46-24-8-3-18(55(61)62)13-29(24)83(69,70)71/h1-15,56-58H,44H2,(H,59,60)(H,63,64,65)(H,66,67,68)(H,69,70,71)(H,72,73,74)(H,75,76,77)(H,78,79,80). The van der Waals surface area contributed by atoms with E-state index in [1.807, 2.05) is 0 Å². The summed E-state index contributed by atoms with van der Waals surface area (Å²) < 4.78 is 210. The summed E-state index contributed by atoms with van der Waals surface area (Å²) in [6, 6.07) is 10.8. The maximum atomic E-state index is 13.1. The Morgan fingerprint density at radius 3 is 1.62 bits per heavy atom. The van der Waals surface area contributed by atoms with Crippen molar-refractivity contribution in [2.24, 2.45) is 40.9 Å². The monoisotopic (exact) mass is 1330 g/mol. The molecule has 0 amide bonds. The summed E-state index contributed by atoms with van der Waals surface area (Å²) >= 11 is 6.29. The van der Waals surface area contributed by atoms with Crippen molar-refractivity contribution in [3.8, 4) is 23.1 Å². The number of rotatable bonds is 17. The highest BCUT2D eigenvalue weighted by molar-refractivity contribution is 7.87. The number of non-ortho nitro benzene ring substituents is 1. The molecule has 0 aliphatic heterocycles. The van der Waals surface area contributed by atoms with Crippen LogP contribution in [0, 0.1) is 10.1 Å². The zero-order valence-corrected chi connectivity index (χ0v) is 46.7. The van der Waals surface area contributed by atoms with E-state index in [9.17, 15) is 113 Å². The number of nitro benzene ring substituents is 1. The maximum absolute atomic E-state index is 13.1. The molecule has 37 nitrogen and oxygen atoms in total. The van der Waals surface area contributed by atoms with Gasteiger partial charge in [0.1, 0.15) is 58.6 Å².